The molecule has 0 saturated heterocycles. The third kappa shape index (κ3) is 18.6. The number of carbonyl (C=O) groups excluding carboxylic acids is 3. The van der Waals surface area contributed by atoms with Gasteiger partial charge in [0.05, 0.1) is 24.0 Å². The molecule has 2 unspecified atom stereocenters. The van der Waals surface area contributed by atoms with Crippen LogP contribution in [0.25, 0.3) is 11.1 Å². The largest absolute Gasteiger partial charge is 0.490 e. The Morgan fingerprint density at radius 2 is 1.04 bits per heavy atom. The minimum atomic E-state index is -0.478. The maximum Gasteiger partial charge on any atom is 0.343 e. The number of unbranched alkanes of at least 4 members (excludes halogenated alkanes) is 15. The Bertz CT molecular complexity index is 1500. The van der Waals surface area contributed by atoms with Crippen LogP contribution in [-0.4, -0.2) is 37.7 Å². The van der Waals surface area contributed by atoms with Gasteiger partial charge in [-0.2, -0.15) is 0 Å². The molecule has 2 atom stereocenters. The van der Waals surface area contributed by atoms with Gasteiger partial charge in [0.25, 0.3) is 0 Å². The second kappa shape index (κ2) is 28.3. The lowest BCUT2D eigenvalue weighted by atomic mass is 9.94. The van der Waals surface area contributed by atoms with E-state index in [0.29, 0.717) is 43.1 Å². The predicted octanol–water partition coefficient (Wildman–Crippen LogP) is 11.8. The maximum absolute atomic E-state index is 12.7. The summed E-state index contributed by atoms with van der Waals surface area (Å²) >= 11 is 0. The highest BCUT2D eigenvalue weighted by atomic mass is 16.6. The van der Waals surface area contributed by atoms with Crippen LogP contribution in [0.4, 0.5) is 0 Å². The summed E-state index contributed by atoms with van der Waals surface area (Å²) in [7, 11) is 0. The van der Waals surface area contributed by atoms with Crippen molar-refractivity contribution < 1.29 is 33.3 Å². The molecule has 0 aromatic heterocycles. The van der Waals surface area contributed by atoms with Gasteiger partial charge in [0.15, 0.2) is 0 Å². The van der Waals surface area contributed by atoms with Crippen molar-refractivity contribution in [3.8, 4) is 22.6 Å². The first-order chi connectivity index (χ1) is 27.3. The Kier molecular flexibility index (Phi) is 23.3. The van der Waals surface area contributed by atoms with Crippen molar-refractivity contribution in [3.05, 3.63) is 83.9 Å². The normalized spacial score (nSPS) is 12.1. The summed E-state index contributed by atoms with van der Waals surface area (Å²) < 4.78 is 22.3. The molecular formula is C48H69NO7. The molecule has 3 aromatic rings. The molecule has 0 bridgehead atoms. The Balaban J connectivity index is 1.21. The Morgan fingerprint density at radius 1 is 0.554 bits per heavy atom. The van der Waals surface area contributed by atoms with Crippen molar-refractivity contribution in [2.45, 2.75) is 143 Å². The fourth-order valence-electron chi connectivity index (χ4n) is 6.74. The van der Waals surface area contributed by atoms with Gasteiger partial charge in [0.2, 0.25) is 0 Å². The van der Waals surface area contributed by atoms with E-state index >= 15 is 0 Å². The van der Waals surface area contributed by atoms with Crippen LogP contribution in [0.5, 0.6) is 11.5 Å². The molecule has 0 spiro atoms. The zero-order chi connectivity index (χ0) is 40.2. The van der Waals surface area contributed by atoms with E-state index in [9.17, 15) is 14.4 Å². The van der Waals surface area contributed by atoms with Gasteiger partial charge in [-0.1, -0.05) is 153 Å². The molecule has 0 radical (unpaired) electrons. The van der Waals surface area contributed by atoms with E-state index < -0.39 is 11.9 Å². The summed E-state index contributed by atoms with van der Waals surface area (Å²) in [4.78, 5) is 38.1. The van der Waals surface area contributed by atoms with Crippen LogP contribution in [0.2, 0.25) is 0 Å². The fourth-order valence-corrected chi connectivity index (χ4v) is 6.74. The van der Waals surface area contributed by atoms with E-state index in [4.69, 9.17) is 24.7 Å². The van der Waals surface area contributed by atoms with Gasteiger partial charge in [0, 0.05) is 6.54 Å². The Labute approximate surface area is 337 Å². The number of benzene rings is 3. The SMILES string of the molecule is CCCCCCCCCCCCCCCCCCOC(=O)C(CC)CC(C)C(=O)OCCOc1ccc(C(=O)Oc2ccc(-c3ccc(CN)cc3)cc2)cc1. The summed E-state index contributed by atoms with van der Waals surface area (Å²) in [5.41, 5.74) is 9.20. The molecule has 56 heavy (non-hydrogen) atoms. The van der Waals surface area contributed by atoms with Gasteiger partial charge in [-0.05, 0) is 72.4 Å². The van der Waals surface area contributed by atoms with Crippen molar-refractivity contribution in [3.63, 3.8) is 0 Å². The lowest BCUT2D eigenvalue weighted by Gasteiger charge is -2.18. The highest BCUT2D eigenvalue weighted by Gasteiger charge is 2.25. The van der Waals surface area contributed by atoms with Crippen LogP contribution in [0, 0.1) is 11.8 Å². The smallest absolute Gasteiger partial charge is 0.343 e. The maximum atomic E-state index is 12.7. The standard InChI is InChI=1S/C48H69NO7/c1-4-6-7-8-9-10-11-12-13-14-15-16-17-18-19-20-33-54-47(51)40(5-2)36-38(3)46(50)55-35-34-53-44-29-27-43(28-30-44)48(52)56-45-31-25-42(26-32-45)41-23-21-39(37-49)22-24-41/h21-32,38,40H,4-20,33-37,49H2,1-3H3. The first-order valence-corrected chi connectivity index (χ1v) is 21.5. The molecule has 308 valence electrons. The van der Waals surface area contributed by atoms with Crippen LogP contribution >= 0.6 is 0 Å². The number of rotatable bonds is 30. The van der Waals surface area contributed by atoms with Crippen LogP contribution in [0.3, 0.4) is 0 Å². The van der Waals surface area contributed by atoms with Gasteiger partial charge in [-0.15, -0.1) is 0 Å². The molecule has 0 aliphatic rings. The summed E-state index contributed by atoms with van der Waals surface area (Å²) in [6, 6.07) is 22.0. The Hall–Kier alpha value is -4.17. The topological polar surface area (TPSA) is 114 Å². The molecule has 0 amide bonds. The summed E-state index contributed by atoms with van der Waals surface area (Å²) in [5, 5.41) is 0. The fraction of sp³-hybridized carbons (Fsp3) is 0.562. The molecular weight excluding hydrogens is 703 g/mol. The molecule has 2 N–H and O–H groups in total. The van der Waals surface area contributed by atoms with Crippen LogP contribution in [0.1, 0.15) is 152 Å². The zero-order valence-electron chi connectivity index (χ0n) is 34.6. The van der Waals surface area contributed by atoms with Gasteiger partial charge in [0.1, 0.15) is 24.7 Å². The minimum absolute atomic E-state index is 0.0701. The van der Waals surface area contributed by atoms with E-state index in [1.54, 1.807) is 43.3 Å². The average Bonchev–Trinajstić information content (AvgIpc) is 3.22. The molecule has 3 aromatic carbocycles. The van der Waals surface area contributed by atoms with Crippen molar-refractivity contribution >= 4 is 17.9 Å². The summed E-state index contributed by atoms with van der Waals surface area (Å²) in [5.74, 6) is -0.865. The van der Waals surface area contributed by atoms with E-state index in [-0.39, 0.29) is 31.1 Å². The second-order valence-electron chi connectivity index (χ2n) is 15.1. The first-order valence-electron chi connectivity index (χ1n) is 21.5. The van der Waals surface area contributed by atoms with Gasteiger partial charge in [-0.25, -0.2) is 4.79 Å². The molecule has 0 aliphatic carbocycles. The van der Waals surface area contributed by atoms with E-state index in [0.717, 1.165) is 29.5 Å². The quantitative estimate of drug-likeness (QED) is 0.0405. The van der Waals surface area contributed by atoms with E-state index in [2.05, 4.69) is 6.92 Å². The molecule has 8 nitrogen and oxygen atoms in total. The average molecular weight is 772 g/mol. The zero-order valence-corrected chi connectivity index (χ0v) is 34.6. The predicted molar refractivity (Wildman–Crippen MR) is 226 cm³/mol. The lowest BCUT2D eigenvalue weighted by molar-refractivity contribution is -0.153. The molecule has 0 aliphatic heterocycles. The molecule has 0 heterocycles. The minimum Gasteiger partial charge on any atom is -0.490 e. The highest BCUT2D eigenvalue weighted by Crippen LogP contribution is 2.24. The van der Waals surface area contributed by atoms with Gasteiger partial charge < -0.3 is 24.7 Å². The third-order valence-electron chi connectivity index (χ3n) is 10.4. The first kappa shape index (κ1) is 46.2. The van der Waals surface area contributed by atoms with Crippen LogP contribution < -0.4 is 15.2 Å². The monoisotopic (exact) mass is 772 g/mol. The van der Waals surface area contributed by atoms with Gasteiger partial charge >= 0.3 is 17.9 Å². The molecule has 0 saturated carbocycles. The van der Waals surface area contributed by atoms with Crippen LogP contribution in [0.15, 0.2) is 72.8 Å². The van der Waals surface area contributed by atoms with Crippen molar-refractivity contribution in [2.75, 3.05) is 19.8 Å². The lowest BCUT2D eigenvalue weighted by Crippen LogP contribution is -2.25. The Morgan fingerprint density at radius 3 is 1.55 bits per heavy atom. The van der Waals surface area contributed by atoms with E-state index in [1.165, 1.54) is 89.9 Å². The number of nitrogens with two attached hydrogens (primary N) is 1. The number of hydrogen-bond donors (Lipinski definition) is 1. The molecule has 3 rings (SSSR count). The number of hydrogen-bond acceptors (Lipinski definition) is 8. The number of ether oxygens (including phenoxy) is 4. The summed E-state index contributed by atoms with van der Waals surface area (Å²) in [6.45, 7) is 7.15. The van der Waals surface area contributed by atoms with E-state index in [1.807, 2.05) is 43.3 Å². The van der Waals surface area contributed by atoms with Crippen molar-refractivity contribution in [1.29, 1.82) is 0 Å². The molecule has 0 fully saturated rings. The van der Waals surface area contributed by atoms with Crippen LogP contribution in [-0.2, 0) is 25.6 Å². The van der Waals surface area contributed by atoms with Crippen molar-refractivity contribution in [2.24, 2.45) is 17.6 Å². The number of esters is 3. The summed E-state index contributed by atoms with van der Waals surface area (Å²) in [6.07, 6.45) is 21.9. The second-order valence-corrected chi connectivity index (χ2v) is 15.1. The van der Waals surface area contributed by atoms with Crippen molar-refractivity contribution in [1.82, 2.24) is 0 Å². The highest BCUT2D eigenvalue weighted by molar-refractivity contribution is 5.91. The van der Waals surface area contributed by atoms with Gasteiger partial charge in [-0.3, -0.25) is 9.59 Å². The number of carbonyl (C=O) groups is 3. The third-order valence-corrected chi connectivity index (χ3v) is 10.4. The molecule has 8 heteroatoms.